The minimum absolute atomic E-state index is 0.160. The van der Waals surface area contributed by atoms with Crippen LogP contribution in [0.25, 0.3) is 22.3 Å². The number of carbonyl (C=O) groups is 2. The van der Waals surface area contributed by atoms with Gasteiger partial charge in [-0.05, 0) is 137 Å². The van der Waals surface area contributed by atoms with Crippen molar-refractivity contribution in [3.8, 4) is 18.0 Å². The number of ether oxygens (including phenoxy) is 8. The van der Waals surface area contributed by atoms with E-state index in [0.717, 1.165) is 30.8 Å². The van der Waals surface area contributed by atoms with Gasteiger partial charge < -0.3 is 54.7 Å². The van der Waals surface area contributed by atoms with Crippen LogP contribution >= 0.6 is 12.2 Å². The molecule has 3 aliphatic rings. The van der Waals surface area contributed by atoms with E-state index in [-0.39, 0.29) is 35.0 Å². The number of fused-ring (bicyclic) bond motifs is 2. The number of aromatic nitrogens is 10. The van der Waals surface area contributed by atoms with Crippen LogP contribution in [0.3, 0.4) is 0 Å². The van der Waals surface area contributed by atoms with Crippen molar-refractivity contribution in [1.29, 1.82) is 0.594 Å². The van der Waals surface area contributed by atoms with Crippen LogP contribution < -0.4 is 58.7 Å². The van der Waals surface area contributed by atoms with E-state index in [4.69, 9.17) is 45.2 Å². The van der Waals surface area contributed by atoms with E-state index >= 15 is 0 Å². The summed E-state index contributed by atoms with van der Waals surface area (Å²) in [5.41, 5.74) is 22.4. The monoisotopic (exact) mass is 1470 g/mol. The summed E-state index contributed by atoms with van der Waals surface area (Å²) in [5.74, 6) is 1.33. The van der Waals surface area contributed by atoms with Crippen LogP contribution in [0.15, 0.2) is 96.4 Å². The maximum atomic E-state index is 12.1. The summed E-state index contributed by atoms with van der Waals surface area (Å²) < 4.78 is 50.9. The fraction of sp³-hybridized carbons (Fsp3) is 0.478. The maximum absolute atomic E-state index is 12.1. The molecule has 3 aromatic carbocycles. The molecule has 2 amide bonds. The van der Waals surface area contributed by atoms with Crippen molar-refractivity contribution in [3.63, 3.8) is 0 Å². The van der Waals surface area contributed by atoms with Crippen LogP contribution in [0, 0.1) is 0 Å². The third-order valence-electron chi connectivity index (χ3n) is 15.2. The summed E-state index contributed by atoms with van der Waals surface area (Å²) >= 11 is 3.96. The number of likely N-dealkylation sites (tertiary alicyclic amines) is 3. The first-order valence-corrected chi connectivity index (χ1v) is 34.9. The molecule has 0 aliphatic carbocycles. The van der Waals surface area contributed by atoms with Gasteiger partial charge in [0.15, 0.2) is 17.1 Å². The summed E-state index contributed by atoms with van der Waals surface area (Å²) in [4.78, 5) is 69.2. The second-order valence-electron chi connectivity index (χ2n) is 22.3. The van der Waals surface area contributed by atoms with Gasteiger partial charge in [0, 0.05) is 47.5 Å². The van der Waals surface area contributed by atoms with Crippen molar-refractivity contribution in [3.05, 3.63) is 125 Å². The Morgan fingerprint density at radius 3 is 1.38 bits per heavy atom. The van der Waals surface area contributed by atoms with Gasteiger partial charge in [0.05, 0.1) is 75.6 Å². The molecule has 524 valence electrons. The Bertz CT molecular complexity index is 3710. The molecule has 0 atom stereocenters. The normalized spacial score (nSPS) is 13.7. The number of hydrogen-bond donors (Lipinski definition) is 4. The zero-order chi connectivity index (χ0) is 69.7. The van der Waals surface area contributed by atoms with Crippen LogP contribution in [-0.2, 0) is 63.0 Å². The number of nitrogens with one attached hydrogen (secondary N) is 2. The average molecular weight is 1470 g/mol. The van der Waals surface area contributed by atoms with Gasteiger partial charge in [0.25, 0.3) is 0 Å². The Labute approximate surface area is 586 Å². The number of isothiocyanates is 1. The molecule has 5 aromatic heterocycles. The molecule has 11 rings (SSSR count). The SMILES string of the molecule is CCOC(=O)N=C=S.CCOC(=O)Nc1nc2cnc(OCCOC)nc2n1Cc1ccc(CN2CCCC2)cc1.COCCOc1ncc(N)c(NCc2ccc(CN3CCCC3)cc2)n1.COCCOc1ncc2nc(N)n(Cc3ccc(CN4CCCC4)cc3)c2n1.[2H][I-]C. The number of imidazole rings is 2. The van der Waals surface area contributed by atoms with E-state index in [1.165, 1.54) is 100 Å². The molecule has 8 heterocycles. The van der Waals surface area contributed by atoms with Gasteiger partial charge in [0.1, 0.15) is 30.9 Å². The number of amides is 2. The Kier molecular flexibility index (Phi) is 32.5. The number of alkyl halides is 1. The molecule has 0 spiro atoms. The molecule has 30 heteroatoms. The van der Waals surface area contributed by atoms with Crippen molar-refractivity contribution in [1.82, 2.24) is 63.7 Å². The van der Waals surface area contributed by atoms with Gasteiger partial charge in [0.2, 0.25) is 11.9 Å². The zero-order valence-corrected chi connectivity index (χ0v) is 59.3. The number of carbonyl (C=O) groups excluding carboxylic acids is 2. The summed E-state index contributed by atoms with van der Waals surface area (Å²) in [5, 5.41) is 7.85. The minimum atomic E-state index is -0.678. The standard InChI is InChI=1S/C23H30N6O4.C20H26N6O2.C19H27N5O2.C4H5NO2S.CH4I/c1-3-32-23(30)27-21-25-19-14-24-22(33-13-12-31-2)26-20(19)29(21)16-18-8-6-17(7-9-18)15-28-10-4-5-11-28;1-27-10-11-28-20-22-12-17-18(24-20)26(19(21)23-17)14-16-6-4-15(5-7-16)13-25-8-2-3-9-25;1-25-10-11-26-19-22-13-17(20)18(23-19)21-12-15-4-6-16(7-5-15)14-24-8-2-3-9-24;1-2-7-4(6)5-3-8;1-2/h6-9,14H,3-5,10-13,15-16H2,1-2H3,(H,25,27,30);4-7,12H,2-3,8-11,13-14H2,1H3,(H2,21,23);4-7,13H,2-3,8-12,14,20H2,1H3,(H,21,22,23);2H2,1H3;2H,1H3/q;;;;-1/i;;;;2D. The van der Waals surface area contributed by atoms with Crippen LogP contribution in [0.1, 0.15) is 85.8 Å². The summed E-state index contributed by atoms with van der Waals surface area (Å²) in [6.45, 7) is 18.5. The molecule has 0 bridgehead atoms. The van der Waals surface area contributed by atoms with E-state index in [0.29, 0.717) is 124 Å². The Hall–Kier alpha value is -8.33. The Morgan fingerprint density at radius 1 is 0.557 bits per heavy atom. The first-order chi connectivity index (χ1) is 47.8. The molecular weight excluding hydrogens is 1380 g/mol. The van der Waals surface area contributed by atoms with Crippen molar-refractivity contribution in [2.45, 2.75) is 91.6 Å². The molecular formula is C67H92IN18O10S-. The third-order valence-corrected chi connectivity index (χ3v) is 15.3. The Morgan fingerprint density at radius 2 is 0.948 bits per heavy atom. The number of nitrogens with zero attached hydrogens (tertiary/aromatic N) is 14. The summed E-state index contributed by atoms with van der Waals surface area (Å²) in [6, 6.07) is 26.7. The van der Waals surface area contributed by atoms with E-state index in [1.807, 2.05) is 19.2 Å². The van der Waals surface area contributed by atoms with Crippen LogP contribution in [0.4, 0.5) is 33.0 Å². The van der Waals surface area contributed by atoms with E-state index in [9.17, 15) is 9.59 Å². The average Bonchev–Trinajstić information content (AvgIpc) is 1.65. The van der Waals surface area contributed by atoms with E-state index < -0.39 is 12.2 Å². The molecule has 0 saturated carbocycles. The van der Waals surface area contributed by atoms with Gasteiger partial charge in [-0.25, -0.2) is 34.5 Å². The van der Waals surface area contributed by atoms with Crippen molar-refractivity contribution < 1.29 is 69.9 Å². The Balaban J connectivity index is 0.000000193. The number of thiocarbonyl (C=S) groups is 1. The number of halogens is 1. The number of methoxy groups -OCH3 is 3. The van der Waals surface area contributed by atoms with Crippen molar-refractivity contribution >= 4 is 75.3 Å². The van der Waals surface area contributed by atoms with Crippen molar-refractivity contribution in [2.75, 3.05) is 140 Å². The van der Waals surface area contributed by atoms with E-state index in [1.54, 1.807) is 53.8 Å². The number of benzene rings is 3. The van der Waals surface area contributed by atoms with Crippen LogP contribution in [0.2, 0.25) is 0 Å². The zero-order valence-electron chi connectivity index (χ0n) is 57.3. The quantitative estimate of drug-likeness (QED) is 0.0153. The first kappa shape index (κ1) is 74.5. The number of hydrogen-bond acceptors (Lipinski definition) is 25. The molecule has 97 heavy (non-hydrogen) atoms. The molecule has 3 fully saturated rings. The fourth-order valence-corrected chi connectivity index (χ4v) is 10.5. The summed E-state index contributed by atoms with van der Waals surface area (Å²) in [7, 11) is 4.85. The van der Waals surface area contributed by atoms with Gasteiger partial charge in [-0.2, -0.15) is 15.0 Å². The van der Waals surface area contributed by atoms with Crippen molar-refractivity contribution in [2.24, 2.45) is 4.99 Å². The number of nitrogens with two attached hydrogens (primary N) is 2. The molecule has 0 radical (unpaired) electrons. The predicted molar refractivity (Wildman–Crippen MR) is 372 cm³/mol. The van der Waals surface area contributed by atoms with Crippen LogP contribution in [-0.4, -0.2) is 200 Å². The van der Waals surface area contributed by atoms with Gasteiger partial charge in [-0.15, -0.1) is 4.99 Å². The fourth-order valence-electron chi connectivity index (χ4n) is 10.5. The molecule has 8 aromatic rings. The number of anilines is 4. The molecule has 6 N–H and O–H groups in total. The molecule has 3 saturated heterocycles. The third kappa shape index (κ3) is 25.6. The number of rotatable bonds is 28. The van der Waals surface area contributed by atoms with Gasteiger partial charge in [-0.1, -0.05) is 72.8 Å². The molecule has 0 unspecified atom stereocenters. The van der Waals surface area contributed by atoms with E-state index in [2.05, 4.69) is 160 Å². The molecule has 3 aliphatic heterocycles. The van der Waals surface area contributed by atoms with Gasteiger partial charge >= 0.3 is 58.1 Å². The second-order valence-corrected chi connectivity index (χ2v) is 22.5. The second kappa shape index (κ2) is 42.4. The number of nitrogen functional groups attached to an aromatic ring is 2. The topological polar surface area (TPSA) is 319 Å². The first-order valence-electron chi connectivity index (χ1n) is 32.7. The molecule has 28 nitrogen and oxygen atoms in total. The van der Waals surface area contributed by atoms with Gasteiger partial charge in [-0.3, -0.25) is 29.2 Å². The summed E-state index contributed by atoms with van der Waals surface area (Å²) in [6.07, 6.45) is 11.3. The number of aliphatic imine (C=N–C) groups is 1. The van der Waals surface area contributed by atoms with Crippen LogP contribution in [0.5, 0.6) is 18.0 Å². The predicted octanol–water partition coefficient (Wildman–Crippen LogP) is 5.58.